The molecule has 2 fully saturated rings. The SMILES string of the molecule is CC[C@@H]1[C@@H]2CN(C(=O)[C@H](C(C)(C)C)CC(=O)O[C@]3(C)CCC[C@H]3CCCCCc3nc4ccc(OC)cc4nc3O2)[C@@H]1C(=O)O. The van der Waals surface area contributed by atoms with Gasteiger partial charge in [-0.25, -0.2) is 14.8 Å². The number of carbonyl (C=O) groups excluding carboxylic acids is 2. The molecule has 45 heavy (non-hydrogen) atoms. The highest BCUT2D eigenvalue weighted by Gasteiger charge is 2.52. The van der Waals surface area contributed by atoms with Crippen molar-refractivity contribution >= 4 is 28.9 Å². The quantitative estimate of drug-likeness (QED) is 0.411. The number of carboxylic acids is 1. The van der Waals surface area contributed by atoms with Gasteiger partial charge in [-0.05, 0) is 75.3 Å². The van der Waals surface area contributed by atoms with Crippen LogP contribution in [0.3, 0.4) is 0 Å². The second-order valence-electron chi connectivity index (χ2n) is 14.4. The molecule has 3 aliphatic rings. The van der Waals surface area contributed by atoms with E-state index in [1.54, 1.807) is 7.11 Å². The number of benzene rings is 1. The summed E-state index contributed by atoms with van der Waals surface area (Å²) in [6, 6.07) is 4.45. The Bertz CT molecular complexity index is 1420. The predicted molar refractivity (Wildman–Crippen MR) is 169 cm³/mol. The van der Waals surface area contributed by atoms with Crippen molar-refractivity contribution in [2.45, 2.75) is 117 Å². The number of carbonyl (C=O) groups is 3. The first-order valence-electron chi connectivity index (χ1n) is 16.6. The summed E-state index contributed by atoms with van der Waals surface area (Å²) < 4.78 is 18.2. The number of hydrogen-bond acceptors (Lipinski definition) is 8. The van der Waals surface area contributed by atoms with Gasteiger partial charge in [-0.1, -0.05) is 40.5 Å². The first kappa shape index (κ1) is 32.9. The molecular weight excluding hydrogens is 574 g/mol. The smallest absolute Gasteiger partial charge is 0.326 e. The van der Waals surface area contributed by atoms with Crippen LogP contribution >= 0.6 is 0 Å². The zero-order chi connectivity index (χ0) is 32.5. The van der Waals surface area contributed by atoms with Crippen molar-refractivity contribution in [3.8, 4) is 11.6 Å². The third-order valence-electron chi connectivity index (χ3n) is 10.4. The highest BCUT2D eigenvalue weighted by Crippen LogP contribution is 2.43. The van der Waals surface area contributed by atoms with E-state index in [0.29, 0.717) is 30.0 Å². The van der Waals surface area contributed by atoms with Gasteiger partial charge >= 0.3 is 11.9 Å². The molecular formula is C35H49N3O7. The largest absolute Gasteiger partial charge is 0.497 e. The van der Waals surface area contributed by atoms with E-state index in [0.717, 1.165) is 56.2 Å². The summed E-state index contributed by atoms with van der Waals surface area (Å²) in [4.78, 5) is 51.8. The van der Waals surface area contributed by atoms with Crippen molar-refractivity contribution in [1.82, 2.24) is 14.9 Å². The van der Waals surface area contributed by atoms with Crippen molar-refractivity contribution in [1.29, 1.82) is 0 Å². The monoisotopic (exact) mass is 623 g/mol. The number of aliphatic carboxylic acids is 1. The maximum atomic E-state index is 14.3. The third-order valence-corrected chi connectivity index (χ3v) is 10.4. The lowest BCUT2D eigenvalue weighted by atomic mass is 9.77. The molecule has 1 aromatic heterocycles. The zero-order valence-electron chi connectivity index (χ0n) is 27.6. The molecule has 10 nitrogen and oxygen atoms in total. The van der Waals surface area contributed by atoms with Gasteiger partial charge in [-0.3, -0.25) is 9.59 Å². The summed E-state index contributed by atoms with van der Waals surface area (Å²) >= 11 is 0. The minimum Gasteiger partial charge on any atom is -0.497 e. The molecule has 1 N–H and O–H groups in total. The normalized spacial score (nSPS) is 30.1. The Hall–Kier alpha value is -3.43. The van der Waals surface area contributed by atoms with Crippen LogP contribution < -0.4 is 9.47 Å². The van der Waals surface area contributed by atoms with Crippen LogP contribution in [0.4, 0.5) is 0 Å². The number of nitrogens with zero attached hydrogens (tertiary/aromatic N) is 3. The van der Waals surface area contributed by atoms with Gasteiger partial charge in [-0.15, -0.1) is 0 Å². The molecule has 6 atom stereocenters. The van der Waals surface area contributed by atoms with Gasteiger partial charge in [0.05, 0.1) is 37.0 Å². The van der Waals surface area contributed by atoms with Crippen LogP contribution in [-0.4, -0.2) is 69.2 Å². The Labute approximate surface area is 266 Å². The number of aromatic nitrogens is 2. The number of methoxy groups -OCH3 is 1. The maximum Gasteiger partial charge on any atom is 0.326 e. The molecule has 1 aromatic carbocycles. The standard InChI is InChI=1S/C35H49N3O7/c1-7-23-28-20-38(30(23)33(41)42)32(40)24(34(2,3)4)19-29(39)45-35(5)17-11-13-21(35)12-9-8-10-14-26-31(44-28)37-27-18-22(43-6)15-16-25(27)36-26/h15-16,18,21,23-24,28,30H,7-14,17,19-20H2,1-6H3,(H,41,42)/t21-,23-,24-,28+,30+,35-/m1/s1. The number of amides is 1. The highest BCUT2D eigenvalue weighted by molar-refractivity contribution is 5.89. The van der Waals surface area contributed by atoms with Gasteiger partial charge < -0.3 is 24.2 Å². The summed E-state index contributed by atoms with van der Waals surface area (Å²) in [6.07, 6.45) is 7.09. The van der Waals surface area contributed by atoms with Crippen molar-refractivity contribution in [2.24, 2.45) is 23.2 Å². The van der Waals surface area contributed by atoms with Gasteiger partial charge in [0.1, 0.15) is 29.2 Å². The molecule has 1 amide bonds. The summed E-state index contributed by atoms with van der Waals surface area (Å²) in [5, 5.41) is 10.4. The lowest BCUT2D eigenvalue weighted by Gasteiger charge is -2.36. The maximum absolute atomic E-state index is 14.3. The Balaban J connectivity index is 1.56. The lowest BCUT2D eigenvalue weighted by molar-refractivity contribution is -0.167. The zero-order valence-corrected chi connectivity index (χ0v) is 27.6. The van der Waals surface area contributed by atoms with Gasteiger partial charge in [0.2, 0.25) is 11.8 Å². The van der Waals surface area contributed by atoms with Crippen molar-refractivity contribution in [2.75, 3.05) is 13.7 Å². The topological polar surface area (TPSA) is 128 Å². The molecule has 10 heteroatoms. The molecule has 2 aromatic rings. The average Bonchev–Trinajstić information content (AvgIpc) is 3.53. The van der Waals surface area contributed by atoms with E-state index in [2.05, 4.69) is 0 Å². The fourth-order valence-electron chi connectivity index (χ4n) is 7.70. The Kier molecular flexibility index (Phi) is 9.61. The fraction of sp³-hybridized carbons (Fsp3) is 0.686. The molecule has 246 valence electrons. The molecule has 0 spiro atoms. The molecule has 3 heterocycles. The van der Waals surface area contributed by atoms with Crippen LogP contribution in [0.1, 0.15) is 98.1 Å². The Morgan fingerprint density at radius 1 is 1.11 bits per heavy atom. The number of rotatable bonds is 3. The summed E-state index contributed by atoms with van der Waals surface area (Å²) in [6.45, 7) is 9.77. The second kappa shape index (κ2) is 13.1. The molecule has 1 saturated heterocycles. The lowest BCUT2D eigenvalue weighted by Crippen LogP contribution is -2.49. The van der Waals surface area contributed by atoms with E-state index < -0.39 is 46.9 Å². The molecule has 0 radical (unpaired) electrons. The average molecular weight is 624 g/mol. The van der Waals surface area contributed by atoms with Crippen LogP contribution in [0, 0.1) is 23.2 Å². The van der Waals surface area contributed by atoms with E-state index in [4.69, 9.17) is 24.2 Å². The van der Waals surface area contributed by atoms with Crippen molar-refractivity contribution < 1.29 is 33.7 Å². The van der Waals surface area contributed by atoms with Crippen LogP contribution in [0.25, 0.3) is 11.0 Å². The first-order chi connectivity index (χ1) is 21.3. The highest BCUT2D eigenvalue weighted by atomic mass is 16.6. The molecule has 1 aliphatic carbocycles. The summed E-state index contributed by atoms with van der Waals surface area (Å²) in [5.41, 5.74) is 0.918. The van der Waals surface area contributed by atoms with Crippen LogP contribution in [0.15, 0.2) is 18.2 Å². The molecule has 5 rings (SSSR count). The van der Waals surface area contributed by atoms with Gasteiger partial charge in [0.15, 0.2) is 0 Å². The Morgan fingerprint density at radius 3 is 2.56 bits per heavy atom. The predicted octanol–water partition coefficient (Wildman–Crippen LogP) is 5.98. The number of esters is 1. The van der Waals surface area contributed by atoms with E-state index in [9.17, 15) is 19.5 Å². The molecule has 0 unspecified atom stereocenters. The number of carboxylic acid groups (broad SMARTS) is 1. The molecule has 2 bridgehead atoms. The number of hydrogen-bond donors (Lipinski definition) is 1. The Morgan fingerprint density at radius 2 is 1.87 bits per heavy atom. The van der Waals surface area contributed by atoms with Gasteiger partial charge in [0, 0.05) is 12.0 Å². The molecule has 1 saturated carbocycles. The van der Waals surface area contributed by atoms with E-state index >= 15 is 0 Å². The van der Waals surface area contributed by atoms with Crippen molar-refractivity contribution in [3.63, 3.8) is 0 Å². The third kappa shape index (κ3) is 6.89. The first-order valence-corrected chi connectivity index (χ1v) is 16.6. The minimum absolute atomic E-state index is 0.0764. The fourth-order valence-corrected chi connectivity index (χ4v) is 7.70. The minimum atomic E-state index is -1.09. The summed E-state index contributed by atoms with van der Waals surface area (Å²) in [5.74, 6) is -1.78. The van der Waals surface area contributed by atoms with E-state index in [-0.39, 0.29) is 24.8 Å². The van der Waals surface area contributed by atoms with Crippen molar-refractivity contribution in [3.05, 3.63) is 23.9 Å². The number of ether oxygens (including phenoxy) is 3. The molecule has 2 aliphatic heterocycles. The van der Waals surface area contributed by atoms with Crippen LogP contribution in [-0.2, 0) is 25.5 Å². The van der Waals surface area contributed by atoms with Gasteiger partial charge in [-0.2, -0.15) is 0 Å². The van der Waals surface area contributed by atoms with Crippen LogP contribution in [0.5, 0.6) is 11.6 Å². The van der Waals surface area contributed by atoms with Crippen LogP contribution in [0.2, 0.25) is 0 Å². The number of fused-ring (bicyclic) bond motifs is 5. The second-order valence-corrected chi connectivity index (χ2v) is 14.4. The van der Waals surface area contributed by atoms with E-state index in [1.165, 1.54) is 4.90 Å². The van der Waals surface area contributed by atoms with E-state index in [1.807, 2.05) is 52.8 Å². The van der Waals surface area contributed by atoms with Gasteiger partial charge in [0.25, 0.3) is 0 Å². The number of aryl methyl sites for hydroxylation is 1. The summed E-state index contributed by atoms with van der Waals surface area (Å²) in [7, 11) is 1.60.